The minimum atomic E-state index is -0.361. The molecule has 0 atom stereocenters. The molecule has 1 aliphatic rings. The van der Waals surface area contributed by atoms with Crippen molar-refractivity contribution in [3.63, 3.8) is 0 Å². The van der Waals surface area contributed by atoms with Crippen LogP contribution in [0.2, 0.25) is 0 Å². The average molecular weight is 383 g/mol. The smallest absolute Gasteiger partial charge is 0.189 e. The van der Waals surface area contributed by atoms with Gasteiger partial charge in [-0.1, -0.05) is 18.2 Å². The summed E-state index contributed by atoms with van der Waals surface area (Å²) >= 11 is 0. The fraction of sp³-hybridized carbons (Fsp3) is 0.348. The fourth-order valence-corrected chi connectivity index (χ4v) is 3.62. The number of nitrogens with zero attached hydrogens (tertiary/aromatic N) is 1. The third-order valence-electron chi connectivity index (χ3n) is 5.30. The van der Waals surface area contributed by atoms with E-state index >= 15 is 0 Å². The highest BCUT2D eigenvalue weighted by Gasteiger charge is 2.24. The van der Waals surface area contributed by atoms with Gasteiger partial charge in [-0.3, -0.25) is 4.79 Å². The van der Waals surface area contributed by atoms with Crippen molar-refractivity contribution >= 4 is 11.9 Å². The lowest BCUT2D eigenvalue weighted by molar-refractivity contribution is 0.104. The summed E-state index contributed by atoms with van der Waals surface area (Å²) in [7, 11) is 5.28. The summed E-state index contributed by atoms with van der Waals surface area (Å²) in [5, 5.41) is 0. The van der Waals surface area contributed by atoms with E-state index in [9.17, 15) is 9.18 Å². The van der Waals surface area contributed by atoms with Gasteiger partial charge >= 0.3 is 0 Å². The molecule has 0 aliphatic carbocycles. The van der Waals surface area contributed by atoms with E-state index in [1.54, 1.807) is 31.4 Å². The Bertz CT molecular complexity index is 870. The van der Waals surface area contributed by atoms with Crippen LogP contribution in [-0.4, -0.2) is 45.0 Å². The number of rotatable bonds is 6. The SMILES string of the molecule is COc1cc(OC)c(C2CCN(C)CC2)cc1C(=O)/C=C/c1ccccc1F. The number of ketones is 1. The molecule has 4 nitrogen and oxygen atoms in total. The zero-order valence-electron chi connectivity index (χ0n) is 16.6. The van der Waals surface area contributed by atoms with E-state index in [4.69, 9.17) is 9.47 Å². The Morgan fingerprint density at radius 2 is 1.79 bits per heavy atom. The maximum absolute atomic E-state index is 13.8. The van der Waals surface area contributed by atoms with E-state index < -0.39 is 0 Å². The standard InChI is InChI=1S/C23H26FNO3/c1-25-12-10-16(11-13-25)18-14-19(23(28-3)15-22(18)27-2)21(26)9-8-17-6-4-5-7-20(17)24/h4-9,14-16H,10-13H2,1-3H3/b9-8+. The number of hydrogen-bond acceptors (Lipinski definition) is 4. The molecule has 0 aromatic heterocycles. The van der Waals surface area contributed by atoms with Gasteiger partial charge in [0.15, 0.2) is 5.78 Å². The van der Waals surface area contributed by atoms with Gasteiger partial charge in [0.2, 0.25) is 0 Å². The highest BCUT2D eigenvalue weighted by Crippen LogP contribution is 2.38. The normalized spacial score (nSPS) is 15.7. The summed E-state index contributed by atoms with van der Waals surface area (Å²) in [6, 6.07) is 10.0. The van der Waals surface area contributed by atoms with Crippen LogP contribution in [0.15, 0.2) is 42.5 Å². The van der Waals surface area contributed by atoms with Gasteiger partial charge in [-0.2, -0.15) is 0 Å². The first-order valence-electron chi connectivity index (χ1n) is 9.45. The molecular weight excluding hydrogens is 357 g/mol. The summed E-state index contributed by atoms with van der Waals surface area (Å²) in [5.74, 6) is 0.939. The lowest BCUT2D eigenvalue weighted by Gasteiger charge is -2.30. The molecule has 0 radical (unpaired) electrons. The van der Waals surface area contributed by atoms with Crippen molar-refractivity contribution in [1.82, 2.24) is 4.90 Å². The lowest BCUT2D eigenvalue weighted by atomic mass is 9.87. The van der Waals surface area contributed by atoms with Gasteiger partial charge in [0.05, 0.1) is 19.8 Å². The van der Waals surface area contributed by atoms with Crippen LogP contribution in [0, 0.1) is 5.82 Å². The van der Waals surface area contributed by atoms with Crippen molar-refractivity contribution in [2.45, 2.75) is 18.8 Å². The molecule has 148 valence electrons. The minimum Gasteiger partial charge on any atom is -0.496 e. The van der Waals surface area contributed by atoms with Crippen LogP contribution in [0.3, 0.4) is 0 Å². The summed E-state index contributed by atoms with van der Waals surface area (Å²) < 4.78 is 24.8. The van der Waals surface area contributed by atoms with E-state index in [0.717, 1.165) is 37.2 Å². The predicted molar refractivity (Wildman–Crippen MR) is 109 cm³/mol. The first-order valence-corrected chi connectivity index (χ1v) is 9.45. The highest BCUT2D eigenvalue weighted by atomic mass is 19.1. The first-order chi connectivity index (χ1) is 13.5. The lowest BCUT2D eigenvalue weighted by Crippen LogP contribution is -2.29. The van der Waals surface area contributed by atoms with Crippen LogP contribution < -0.4 is 9.47 Å². The van der Waals surface area contributed by atoms with Crippen molar-refractivity contribution in [3.8, 4) is 11.5 Å². The predicted octanol–water partition coefficient (Wildman–Crippen LogP) is 4.55. The molecule has 0 N–H and O–H groups in total. The molecule has 1 saturated heterocycles. The quantitative estimate of drug-likeness (QED) is 0.542. The van der Waals surface area contributed by atoms with E-state index in [0.29, 0.717) is 22.8 Å². The monoisotopic (exact) mass is 383 g/mol. The Balaban J connectivity index is 1.93. The molecule has 0 unspecified atom stereocenters. The number of likely N-dealkylation sites (tertiary alicyclic amines) is 1. The van der Waals surface area contributed by atoms with Crippen molar-refractivity contribution in [2.75, 3.05) is 34.4 Å². The van der Waals surface area contributed by atoms with Crippen LogP contribution in [0.25, 0.3) is 6.08 Å². The van der Waals surface area contributed by atoms with E-state index in [2.05, 4.69) is 11.9 Å². The topological polar surface area (TPSA) is 38.8 Å². The summed E-state index contributed by atoms with van der Waals surface area (Å²) in [4.78, 5) is 15.2. The molecule has 0 amide bonds. The number of allylic oxidation sites excluding steroid dienone is 1. The molecule has 3 rings (SSSR count). The van der Waals surface area contributed by atoms with E-state index in [1.165, 1.54) is 25.3 Å². The number of hydrogen-bond donors (Lipinski definition) is 0. The maximum Gasteiger partial charge on any atom is 0.189 e. The Hall–Kier alpha value is -2.66. The van der Waals surface area contributed by atoms with E-state index in [1.807, 2.05) is 6.07 Å². The maximum atomic E-state index is 13.8. The molecule has 0 bridgehead atoms. The van der Waals surface area contributed by atoms with Gasteiger partial charge in [0.1, 0.15) is 17.3 Å². The molecule has 0 spiro atoms. The van der Waals surface area contributed by atoms with Crippen molar-refractivity contribution in [1.29, 1.82) is 0 Å². The molecule has 2 aromatic carbocycles. The second-order valence-corrected chi connectivity index (χ2v) is 7.09. The number of carbonyl (C=O) groups excluding carboxylic acids is 1. The second kappa shape index (κ2) is 9.02. The van der Waals surface area contributed by atoms with Gasteiger partial charge in [-0.25, -0.2) is 4.39 Å². The zero-order chi connectivity index (χ0) is 20.1. The Morgan fingerprint density at radius 3 is 2.43 bits per heavy atom. The number of methoxy groups -OCH3 is 2. The summed E-state index contributed by atoms with van der Waals surface area (Å²) in [6.45, 7) is 2.02. The Morgan fingerprint density at radius 1 is 1.11 bits per heavy atom. The summed E-state index contributed by atoms with van der Waals surface area (Å²) in [6.07, 6.45) is 4.91. The van der Waals surface area contributed by atoms with Crippen LogP contribution in [0.4, 0.5) is 4.39 Å². The van der Waals surface area contributed by atoms with Gasteiger partial charge in [0, 0.05) is 11.6 Å². The Kier molecular flexibility index (Phi) is 6.47. The average Bonchev–Trinajstić information content (AvgIpc) is 2.72. The summed E-state index contributed by atoms with van der Waals surface area (Å²) in [5.41, 5.74) is 1.86. The molecule has 2 aromatic rings. The third-order valence-corrected chi connectivity index (χ3v) is 5.30. The van der Waals surface area contributed by atoms with Crippen molar-refractivity contribution < 1.29 is 18.7 Å². The number of halogens is 1. The van der Waals surface area contributed by atoms with Crippen molar-refractivity contribution in [2.24, 2.45) is 0 Å². The van der Waals surface area contributed by atoms with Crippen LogP contribution in [0.1, 0.15) is 40.2 Å². The number of piperidine rings is 1. The second-order valence-electron chi connectivity index (χ2n) is 7.09. The molecular formula is C23H26FNO3. The molecule has 1 heterocycles. The third kappa shape index (κ3) is 4.42. The number of carbonyl (C=O) groups is 1. The Labute approximate surface area is 165 Å². The molecule has 28 heavy (non-hydrogen) atoms. The van der Waals surface area contributed by atoms with Crippen molar-refractivity contribution in [3.05, 3.63) is 65.0 Å². The highest BCUT2D eigenvalue weighted by molar-refractivity contribution is 6.09. The molecule has 1 fully saturated rings. The molecule has 5 heteroatoms. The largest absolute Gasteiger partial charge is 0.496 e. The number of ether oxygens (including phenoxy) is 2. The first kappa shape index (κ1) is 20.1. The van der Waals surface area contributed by atoms with Gasteiger partial charge < -0.3 is 14.4 Å². The molecule has 0 saturated carbocycles. The van der Waals surface area contributed by atoms with Crippen LogP contribution >= 0.6 is 0 Å². The molecule has 1 aliphatic heterocycles. The minimum absolute atomic E-state index is 0.225. The zero-order valence-corrected chi connectivity index (χ0v) is 16.6. The van der Waals surface area contributed by atoms with Crippen LogP contribution in [0.5, 0.6) is 11.5 Å². The van der Waals surface area contributed by atoms with Gasteiger partial charge in [-0.15, -0.1) is 0 Å². The van der Waals surface area contributed by atoms with E-state index in [-0.39, 0.29) is 11.6 Å². The number of benzene rings is 2. The van der Waals surface area contributed by atoms with Gasteiger partial charge in [0.25, 0.3) is 0 Å². The van der Waals surface area contributed by atoms with Gasteiger partial charge in [-0.05, 0) is 68.7 Å². The fourth-order valence-electron chi connectivity index (χ4n) is 3.62. The van der Waals surface area contributed by atoms with Crippen LogP contribution in [-0.2, 0) is 0 Å².